The minimum absolute atomic E-state index is 0.182. The van der Waals surface area contributed by atoms with Crippen LogP contribution in [-0.2, 0) is 19.4 Å². The van der Waals surface area contributed by atoms with Crippen LogP contribution in [0.4, 0.5) is 4.39 Å². The number of benzene rings is 2. The quantitative estimate of drug-likeness (QED) is 0.673. The highest BCUT2D eigenvalue weighted by Gasteiger charge is 2.28. The Hall–Kier alpha value is -2.56. The van der Waals surface area contributed by atoms with E-state index in [1.165, 1.54) is 41.3 Å². The van der Waals surface area contributed by atoms with Crippen LogP contribution in [0.2, 0.25) is 0 Å². The molecule has 2 aliphatic rings. The Labute approximate surface area is 178 Å². The molecule has 0 saturated carbocycles. The zero-order valence-electron chi connectivity index (χ0n) is 17.4. The molecule has 3 aromatic rings. The zero-order valence-corrected chi connectivity index (χ0v) is 17.4. The molecular weight excluding hydrogens is 373 g/mol. The van der Waals surface area contributed by atoms with Crippen LogP contribution in [0.25, 0.3) is 11.1 Å². The summed E-state index contributed by atoms with van der Waals surface area (Å²) in [6, 6.07) is 18.4. The van der Waals surface area contributed by atoms with Crippen LogP contribution in [0.15, 0.2) is 60.8 Å². The van der Waals surface area contributed by atoms with Gasteiger partial charge < -0.3 is 5.32 Å². The van der Waals surface area contributed by atoms with Crippen molar-refractivity contribution in [2.75, 3.05) is 13.6 Å². The highest BCUT2D eigenvalue weighted by Crippen LogP contribution is 2.34. The molecule has 2 heterocycles. The van der Waals surface area contributed by atoms with E-state index in [2.05, 4.69) is 47.6 Å². The number of hydrogen-bond acceptors (Lipinski definition) is 3. The van der Waals surface area contributed by atoms with Crippen molar-refractivity contribution in [3.63, 3.8) is 0 Å². The van der Waals surface area contributed by atoms with Crippen LogP contribution in [0.5, 0.6) is 0 Å². The molecule has 2 atom stereocenters. The number of nitrogens with one attached hydrogen (secondary N) is 1. The van der Waals surface area contributed by atoms with Crippen LogP contribution < -0.4 is 5.32 Å². The minimum atomic E-state index is -0.182. The second kappa shape index (κ2) is 8.29. The Morgan fingerprint density at radius 3 is 2.87 bits per heavy atom. The predicted molar refractivity (Wildman–Crippen MR) is 119 cm³/mol. The van der Waals surface area contributed by atoms with Crippen LogP contribution in [0.1, 0.15) is 41.3 Å². The number of rotatable bonds is 4. The molecule has 4 heteroatoms. The van der Waals surface area contributed by atoms with Crippen LogP contribution in [0.3, 0.4) is 0 Å². The fourth-order valence-electron chi connectivity index (χ4n) is 5.16. The van der Waals surface area contributed by atoms with Gasteiger partial charge in [0.15, 0.2) is 0 Å². The van der Waals surface area contributed by atoms with Crippen LogP contribution in [-0.4, -0.2) is 29.5 Å². The maximum absolute atomic E-state index is 13.8. The first kappa shape index (κ1) is 19.4. The normalized spacial score (nSPS) is 20.6. The maximum Gasteiger partial charge on any atom is 0.123 e. The molecule has 0 fully saturated rings. The molecule has 3 nitrogen and oxygen atoms in total. The SMILES string of the molecule is CN(C[C@@H]1Cc2c(cccc2-c2cccc(F)c2)CN1)[C@H]1CCCc2cccnc21. The average molecular weight is 402 g/mol. The van der Waals surface area contributed by atoms with Crippen LogP contribution in [0, 0.1) is 5.82 Å². The molecule has 30 heavy (non-hydrogen) atoms. The van der Waals surface area contributed by atoms with Gasteiger partial charge in [0.05, 0.1) is 11.7 Å². The molecule has 0 bridgehead atoms. The monoisotopic (exact) mass is 401 g/mol. The highest BCUT2D eigenvalue weighted by molar-refractivity contribution is 5.69. The van der Waals surface area contributed by atoms with Crippen molar-refractivity contribution in [3.05, 3.63) is 89.0 Å². The summed E-state index contributed by atoms with van der Waals surface area (Å²) in [5, 5.41) is 3.72. The van der Waals surface area contributed by atoms with Crippen molar-refractivity contribution in [1.82, 2.24) is 15.2 Å². The molecule has 0 spiro atoms. The Kier molecular flexibility index (Phi) is 5.36. The fraction of sp³-hybridized carbons (Fsp3) is 0.346. The molecule has 1 aliphatic carbocycles. The van der Waals surface area contributed by atoms with Gasteiger partial charge in [-0.2, -0.15) is 0 Å². The molecule has 2 aromatic carbocycles. The van der Waals surface area contributed by atoms with Crippen molar-refractivity contribution >= 4 is 0 Å². The van der Waals surface area contributed by atoms with Gasteiger partial charge in [0.2, 0.25) is 0 Å². The lowest BCUT2D eigenvalue weighted by atomic mass is 9.87. The largest absolute Gasteiger partial charge is 0.308 e. The summed E-state index contributed by atoms with van der Waals surface area (Å²) >= 11 is 0. The van der Waals surface area contributed by atoms with Gasteiger partial charge in [-0.3, -0.25) is 9.88 Å². The van der Waals surface area contributed by atoms with E-state index in [4.69, 9.17) is 4.98 Å². The van der Waals surface area contributed by atoms with Gasteiger partial charge in [-0.1, -0.05) is 36.4 Å². The summed E-state index contributed by atoms with van der Waals surface area (Å²) in [6.45, 7) is 1.83. The van der Waals surface area contributed by atoms with E-state index in [1.54, 1.807) is 12.1 Å². The molecule has 0 unspecified atom stereocenters. The van der Waals surface area contributed by atoms with E-state index in [-0.39, 0.29) is 5.82 Å². The average Bonchev–Trinajstić information content (AvgIpc) is 2.78. The fourth-order valence-corrected chi connectivity index (χ4v) is 5.16. The van der Waals surface area contributed by atoms with Gasteiger partial charge in [-0.05, 0) is 78.7 Å². The van der Waals surface area contributed by atoms with Gasteiger partial charge in [-0.15, -0.1) is 0 Å². The summed E-state index contributed by atoms with van der Waals surface area (Å²) in [7, 11) is 2.23. The number of hydrogen-bond donors (Lipinski definition) is 1. The molecule has 0 radical (unpaired) electrons. The second-order valence-corrected chi connectivity index (χ2v) is 8.63. The van der Waals surface area contributed by atoms with E-state index in [0.29, 0.717) is 12.1 Å². The molecule has 0 saturated heterocycles. The number of fused-ring (bicyclic) bond motifs is 2. The standard InChI is InChI=1S/C26H28FN3/c1-30(25-12-4-6-18-9-5-13-28-26(18)25)17-22-15-24-20(16-29-22)8-3-11-23(24)19-7-2-10-21(27)14-19/h2-3,5,7-11,13-14,22,25,29H,4,6,12,15-17H2,1H3/t22-,25-/m0/s1. The Bertz CT molecular complexity index is 1050. The third-order valence-corrected chi connectivity index (χ3v) is 6.65. The molecule has 0 amide bonds. The highest BCUT2D eigenvalue weighted by atomic mass is 19.1. The number of likely N-dealkylation sites (N-methyl/N-ethyl adjacent to an activating group) is 1. The number of pyridine rings is 1. The molecule has 1 N–H and O–H groups in total. The molecular formula is C26H28FN3. The summed E-state index contributed by atoms with van der Waals surface area (Å²) in [5.41, 5.74) is 7.44. The molecule has 1 aliphatic heterocycles. The second-order valence-electron chi connectivity index (χ2n) is 8.63. The first-order chi connectivity index (χ1) is 14.7. The van der Waals surface area contributed by atoms with Crippen molar-refractivity contribution in [1.29, 1.82) is 0 Å². The smallest absolute Gasteiger partial charge is 0.123 e. The minimum Gasteiger partial charge on any atom is -0.308 e. The third-order valence-electron chi connectivity index (χ3n) is 6.65. The van der Waals surface area contributed by atoms with Gasteiger partial charge in [-0.25, -0.2) is 4.39 Å². The van der Waals surface area contributed by atoms with Gasteiger partial charge in [0.1, 0.15) is 5.82 Å². The summed E-state index contributed by atoms with van der Waals surface area (Å²) in [5.74, 6) is -0.182. The summed E-state index contributed by atoms with van der Waals surface area (Å²) in [6.07, 6.45) is 6.40. The van der Waals surface area contributed by atoms with Gasteiger partial charge in [0, 0.05) is 25.3 Å². The lowest BCUT2D eigenvalue weighted by Crippen LogP contribution is -2.45. The predicted octanol–water partition coefficient (Wildman–Crippen LogP) is 4.91. The summed E-state index contributed by atoms with van der Waals surface area (Å²) < 4.78 is 13.8. The Balaban J connectivity index is 1.36. The number of aryl methyl sites for hydroxylation is 1. The number of aromatic nitrogens is 1. The van der Waals surface area contributed by atoms with E-state index in [0.717, 1.165) is 37.1 Å². The first-order valence-corrected chi connectivity index (χ1v) is 10.9. The van der Waals surface area contributed by atoms with E-state index in [1.807, 2.05) is 12.3 Å². The third kappa shape index (κ3) is 3.78. The number of nitrogens with zero attached hydrogens (tertiary/aromatic N) is 2. The Morgan fingerprint density at radius 2 is 1.97 bits per heavy atom. The molecule has 1 aromatic heterocycles. The van der Waals surface area contributed by atoms with Gasteiger partial charge in [0.25, 0.3) is 0 Å². The van der Waals surface area contributed by atoms with Crippen molar-refractivity contribution < 1.29 is 4.39 Å². The maximum atomic E-state index is 13.8. The van der Waals surface area contributed by atoms with E-state index in [9.17, 15) is 4.39 Å². The zero-order chi connectivity index (χ0) is 20.5. The first-order valence-electron chi connectivity index (χ1n) is 10.9. The lowest BCUT2D eigenvalue weighted by molar-refractivity contribution is 0.191. The van der Waals surface area contributed by atoms with Crippen LogP contribution >= 0.6 is 0 Å². The van der Waals surface area contributed by atoms with E-state index >= 15 is 0 Å². The summed E-state index contributed by atoms with van der Waals surface area (Å²) in [4.78, 5) is 7.19. The lowest BCUT2D eigenvalue weighted by Gasteiger charge is -2.36. The van der Waals surface area contributed by atoms with Crippen molar-refractivity contribution in [2.45, 2.75) is 44.3 Å². The molecule has 154 valence electrons. The van der Waals surface area contributed by atoms with Crippen molar-refractivity contribution in [3.8, 4) is 11.1 Å². The number of halogens is 1. The molecule has 5 rings (SSSR count). The Morgan fingerprint density at radius 1 is 1.10 bits per heavy atom. The van der Waals surface area contributed by atoms with E-state index < -0.39 is 0 Å². The van der Waals surface area contributed by atoms with Crippen molar-refractivity contribution in [2.24, 2.45) is 0 Å². The van der Waals surface area contributed by atoms with Gasteiger partial charge >= 0.3 is 0 Å². The topological polar surface area (TPSA) is 28.2 Å².